The summed E-state index contributed by atoms with van der Waals surface area (Å²) in [7, 11) is 0. The number of benzene rings is 1. The van der Waals surface area contributed by atoms with Crippen LogP contribution >= 0.6 is 11.3 Å². The van der Waals surface area contributed by atoms with Gasteiger partial charge in [-0.1, -0.05) is 41.7 Å². The maximum atomic E-state index is 11.2. The van der Waals surface area contributed by atoms with Gasteiger partial charge in [0, 0.05) is 19.4 Å². The van der Waals surface area contributed by atoms with E-state index in [9.17, 15) is 9.59 Å². The van der Waals surface area contributed by atoms with Crippen molar-refractivity contribution in [3.63, 3.8) is 0 Å². The summed E-state index contributed by atoms with van der Waals surface area (Å²) in [6, 6.07) is 9.49. The number of thiazole rings is 1. The van der Waals surface area contributed by atoms with E-state index in [1.165, 1.54) is 25.2 Å². The van der Waals surface area contributed by atoms with Crippen molar-refractivity contribution in [2.75, 3.05) is 10.6 Å². The van der Waals surface area contributed by atoms with Gasteiger partial charge in [-0.2, -0.15) is 0 Å². The molecule has 0 fully saturated rings. The van der Waals surface area contributed by atoms with E-state index in [1.807, 2.05) is 30.3 Å². The number of carbonyl (C=O) groups is 2. The Morgan fingerprint density at radius 2 is 1.68 bits per heavy atom. The number of rotatable bonds is 3. The van der Waals surface area contributed by atoms with Crippen molar-refractivity contribution in [1.29, 1.82) is 0 Å². The van der Waals surface area contributed by atoms with Crippen molar-refractivity contribution < 1.29 is 9.59 Å². The first-order valence-electron chi connectivity index (χ1n) is 5.67. The molecule has 5 nitrogen and oxygen atoms in total. The Morgan fingerprint density at radius 3 is 2.26 bits per heavy atom. The van der Waals surface area contributed by atoms with Crippen molar-refractivity contribution in [1.82, 2.24) is 4.98 Å². The number of amides is 2. The van der Waals surface area contributed by atoms with E-state index in [-0.39, 0.29) is 11.8 Å². The zero-order valence-corrected chi connectivity index (χ0v) is 11.4. The van der Waals surface area contributed by atoms with Gasteiger partial charge in [0.1, 0.15) is 10.7 Å². The first-order valence-corrected chi connectivity index (χ1v) is 6.49. The number of nitrogens with zero attached hydrogens (tertiary/aromatic N) is 1. The standard InChI is InChI=1S/C13H13N3O2S/c1-8(17)14-12-11(10-6-4-3-5-7-10)16-13(19-12)15-9(2)18/h3-7H,1-2H3,(H,14,17)(H,15,16,18). The summed E-state index contributed by atoms with van der Waals surface area (Å²) < 4.78 is 0. The number of hydrogen-bond donors (Lipinski definition) is 2. The van der Waals surface area contributed by atoms with Crippen molar-refractivity contribution in [2.45, 2.75) is 13.8 Å². The first kappa shape index (κ1) is 13.2. The fourth-order valence-corrected chi connectivity index (χ4v) is 2.54. The summed E-state index contributed by atoms with van der Waals surface area (Å²) in [6.45, 7) is 2.86. The van der Waals surface area contributed by atoms with Gasteiger partial charge in [-0.05, 0) is 0 Å². The third kappa shape index (κ3) is 3.38. The van der Waals surface area contributed by atoms with E-state index >= 15 is 0 Å². The second kappa shape index (κ2) is 5.62. The maximum absolute atomic E-state index is 11.2. The molecule has 0 aliphatic rings. The van der Waals surface area contributed by atoms with E-state index in [2.05, 4.69) is 15.6 Å². The smallest absolute Gasteiger partial charge is 0.223 e. The van der Waals surface area contributed by atoms with Crippen molar-refractivity contribution >= 4 is 33.3 Å². The van der Waals surface area contributed by atoms with Gasteiger partial charge in [0.2, 0.25) is 11.8 Å². The highest BCUT2D eigenvalue weighted by Crippen LogP contribution is 2.35. The summed E-state index contributed by atoms with van der Waals surface area (Å²) in [5.74, 6) is -0.363. The Morgan fingerprint density at radius 1 is 1.05 bits per heavy atom. The monoisotopic (exact) mass is 275 g/mol. The van der Waals surface area contributed by atoms with Gasteiger partial charge >= 0.3 is 0 Å². The van der Waals surface area contributed by atoms with Crippen LogP contribution < -0.4 is 10.6 Å². The molecule has 0 radical (unpaired) electrons. The van der Waals surface area contributed by atoms with Gasteiger partial charge in [-0.15, -0.1) is 0 Å². The Bertz CT molecular complexity index is 608. The number of anilines is 2. The van der Waals surface area contributed by atoms with E-state index in [1.54, 1.807) is 0 Å². The summed E-state index contributed by atoms with van der Waals surface area (Å²) in [4.78, 5) is 26.6. The van der Waals surface area contributed by atoms with E-state index < -0.39 is 0 Å². The predicted octanol–water partition coefficient (Wildman–Crippen LogP) is 2.73. The normalized spacial score (nSPS) is 10.0. The summed E-state index contributed by atoms with van der Waals surface area (Å²) in [6.07, 6.45) is 0. The molecule has 2 N–H and O–H groups in total. The van der Waals surface area contributed by atoms with Crippen molar-refractivity contribution in [3.8, 4) is 11.3 Å². The SMILES string of the molecule is CC(=O)Nc1nc(-c2ccccc2)c(NC(C)=O)s1. The zero-order valence-electron chi connectivity index (χ0n) is 10.6. The lowest BCUT2D eigenvalue weighted by Gasteiger charge is -2.01. The van der Waals surface area contributed by atoms with E-state index in [0.717, 1.165) is 5.56 Å². The van der Waals surface area contributed by atoms with Crippen molar-refractivity contribution in [2.24, 2.45) is 0 Å². The fourth-order valence-electron chi connectivity index (χ4n) is 1.56. The van der Waals surface area contributed by atoms with Crippen molar-refractivity contribution in [3.05, 3.63) is 30.3 Å². The molecule has 2 aromatic rings. The summed E-state index contributed by atoms with van der Waals surface area (Å²) in [5, 5.41) is 6.45. The number of carbonyl (C=O) groups excluding carboxylic acids is 2. The minimum Gasteiger partial charge on any atom is -0.316 e. The fraction of sp³-hybridized carbons (Fsp3) is 0.154. The average molecular weight is 275 g/mol. The third-order valence-corrected chi connectivity index (χ3v) is 3.13. The molecule has 19 heavy (non-hydrogen) atoms. The highest BCUT2D eigenvalue weighted by atomic mass is 32.1. The molecule has 0 atom stereocenters. The van der Waals surface area contributed by atoms with Crippen LogP contribution in [0.4, 0.5) is 10.1 Å². The Kier molecular flexibility index (Phi) is 3.91. The van der Waals surface area contributed by atoms with Gasteiger partial charge in [0.25, 0.3) is 0 Å². The Hall–Kier alpha value is -2.21. The molecule has 0 spiro atoms. The molecule has 0 aliphatic carbocycles. The van der Waals surface area contributed by atoms with Gasteiger partial charge in [-0.25, -0.2) is 4.98 Å². The van der Waals surface area contributed by atoms with Gasteiger partial charge in [0.15, 0.2) is 5.13 Å². The van der Waals surface area contributed by atoms with Crippen LogP contribution in [0.25, 0.3) is 11.3 Å². The average Bonchev–Trinajstić information content (AvgIpc) is 2.71. The molecule has 6 heteroatoms. The van der Waals surface area contributed by atoms with Crippen LogP contribution in [-0.4, -0.2) is 16.8 Å². The molecule has 1 aromatic carbocycles. The molecule has 2 rings (SSSR count). The molecule has 0 saturated carbocycles. The second-order valence-corrected chi connectivity index (χ2v) is 4.92. The lowest BCUT2D eigenvalue weighted by Crippen LogP contribution is -2.05. The lowest BCUT2D eigenvalue weighted by atomic mass is 10.2. The molecule has 0 saturated heterocycles. The highest BCUT2D eigenvalue weighted by molar-refractivity contribution is 7.20. The second-order valence-electron chi connectivity index (χ2n) is 3.93. The number of nitrogens with one attached hydrogen (secondary N) is 2. The lowest BCUT2D eigenvalue weighted by molar-refractivity contribution is -0.115. The summed E-state index contributed by atoms with van der Waals surface area (Å²) in [5.41, 5.74) is 1.55. The van der Waals surface area contributed by atoms with E-state index in [0.29, 0.717) is 15.8 Å². The molecule has 0 bridgehead atoms. The van der Waals surface area contributed by atoms with Crippen LogP contribution in [0, 0.1) is 0 Å². The first-order chi connectivity index (χ1) is 9.06. The molecule has 0 unspecified atom stereocenters. The number of hydrogen-bond acceptors (Lipinski definition) is 4. The van der Waals surface area contributed by atoms with Crippen LogP contribution in [-0.2, 0) is 9.59 Å². The Balaban J connectivity index is 2.42. The van der Waals surface area contributed by atoms with Gasteiger partial charge in [-0.3, -0.25) is 9.59 Å². The molecule has 2 amide bonds. The van der Waals surface area contributed by atoms with Crippen LogP contribution in [0.5, 0.6) is 0 Å². The molecule has 98 valence electrons. The van der Waals surface area contributed by atoms with Crippen LogP contribution in [0.3, 0.4) is 0 Å². The zero-order chi connectivity index (χ0) is 13.8. The third-order valence-electron chi connectivity index (χ3n) is 2.25. The topological polar surface area (TPSA) is 71.1 Å². The van der Waals surface area contributed by atoms with Crippen LogP contribution in [0.2, 0.25) is 0 Å². The molecular formula is C13H13N3O2S. The largest absolute Gasteiger partial charge is 0.316 e. The maximum Gasteiger partial charge on any atom is 0.223 e. The predicted molar refractivity (Wildman–Crippen MR) is 76.2 cm³/mol. The minimum atomic E-state index is -0.192. The van der Waals surface area contributed by atoms with Crippen LogP contribution in [0.15, 0.2) is 30.3 Å². The molecule has 1 heterocycles. The van der Waals surface area contributed by atoms with Crippen LogP contribution in [0.1, 0.15) is 13.8 Å². The minimum absolute atomic E-state index is 0.171. The van der Waals surface area contributed by atoms with Gasteiger partial charge in [0.05, 0.1) is 0 Å². The van der Waals surface area contributed by atoms with E-state index in [4.69, 9.17) is 0 Å². The molecular weight excluding hydrogens is 262 g/mol. The number of aromatic nitrogens is 1. The summed E-state index contributed by atoms with van der Waals surface area (Å²) >= 11 is 1.24. The molecule has 0 aliphatic heterocycles. The van der Waals surface area contributed by atoms with Gasteiger partial charge < -0.3 is 10.6 Å². The quantitative estimate of drug-likeness (QED) is 0.904. The highest BCUT2D eigenvalue weighted by Gasteiger charge is 2.14. The Labute approximate surface area is 114 Å². The molecule has 1 aromatic heterocycles.